The van der Waals surface area contributed by atoms with Gasteiger partial charge in [0.25, 0.3) is 0 Å². The highest BCUT2D eigenvalue weighted by Crippen LogP contribution is 2.44. The van der Waals surface area contributed by atoms with Gasteiger partial charge in [0.15, 0.2) is 5.94 Å². The molecule has 1 aliphatic heterocycles. The average molecular weight is 594 g/mol. The number of amides is 1. The van der Waals surface area contributed by atoms with Crippen LogP contribution in [0, 0.1) is 0 Å². The summed E-state index contributed by atoms with van der Waals surface area (Å²) < 4.78 is 13.8. The predicted molar refractivity (Wildman–Crippen MR) is 172 cm³/mol. The van der Waals surface area contributed by atoms with Crippen molar-refractivity contribution in [3.05, 3.63) is 66.5 Å². The van der Waals surface area contributed by atoms with Crippen molar-refractivity contribution < 1.29 is 19.1 Å². The monoisotopic (exact) mass is 593 g/mol. The van der Waals surface area contributed by atoms with Gasteiger partial charge in [-0.25, -0.2) is 14.8 Å². The minimum absolute atomic E-state index is 0.0990. The quantitative estimate of drug-likeness (QED) is 0.183. The smallest absolute Gasteiger partial charge is 0.247 e. The van der Waals surface area contributed by atoms with Crippen LogP contribution >= 0.6 is 0 Å². The molecular weight excluding hydrogens is 558 g/mol. The zero-order valence-electron chi connectivity index (χ0n) is 25.3. The molecule has 0 saturated heterocycles. The van der Waals surface area contributed by atoms with Gasteiger partial charge in [0, 0.05) is 54.9 Å². The van der Waals surface area contributed by atoms with Gasteiger partial charge in [0.1, 0.15) is 12.4 Å². The van der Waals surface area contributed by atoms with Crippen molar-refractivity contribution in [1.82, 2.24) is 19.4 Å². The van der Waals surface area contributed by atoms with Crippen molar-refractivity contribution >= 4 is 51.5 Å². The number of likely N-dealkylation sites (N-methyl/N-ethyl adjacent to an activating group) is 2. The molecule has 0 unspecified atom stereocenters. The largest absolute Gasteiger partial charge is 0.494 e. The highest BCUT2D eigenvalue weighted by molar-refractivity contribution is 6.03. The van der Waals surface area contributed by atoms with E-state index in [1.54, 1.807) is 13.2 Å². The SMILES string of the molecule is C=CC(=O)Nc1cc(Nc2nc3c(c(-c4cn(C5CC5)c5ccccc45)n2)C(=C=O)OC3)c(OC)cc1N(C)CCN(C)C. The molecule has 44 heavy (non-hydrogen) atoms. The van der Waals surface area contributed by atoms with E-state index in [0.717, 1.165) is 48.1 Å². The number of carbonyl (C=O) groups is 1. The van der Waals surface area contributed by atoms with E-state index in [2.05, 4.69) is 49.9 Å². The first-order chi connectivity index (χ1) is 21.3. The zero-order chi connectivity index (χ0) is 31.0. The first-order valence-corrected chi connectivity index (χ1v) is 14.5. The van der Waals surface area contributed by atoms with Crippen LogP contribution in [0.15, 0.2) is 55.3 Å². The van der Waals surface area contributed by atoms with Gasteiger partial charge in [0.2, 0.25) is 17.6 Å². The van der Waals surface area contributed by atoms with Crippen LogP contribution in [-0.4, -0.2) is 72.6 Å². The number of hydrogen-bond acceptors (Lipinski definition) is 9. The van der Waals surface area contributed by atoms with Gasteiger partial charge in [-0.15, -0.1) is 0 Å². The van der Waals surface area contributed by atoms with Gasteiger partial charge in [-0.2, -0.15) is 0 Å². The lowest BCUT2D eigenvalue weighted by Crippen LogP contribution is -2.29. The van der Waals surface area contributed by atoms with Gasteiger partial charge in [0.05, 0.1) is 41.1 Å². The fourth-order valence-corrected chi connectivity index (χ4v) is 5.47. The lowest BCUT2D eigenvalue weighted by atomic mass is 10.0. The summed E-state index contributed by atoms with van der Waals surface area (Å²) in [7, 11) is 7.56. The summed E-state index contributed by atoms with van der Waals surface area (Å²) in [6, 6.07) is 12.3. The average Bonchev–Trinajstić information content (AvgIpc) is 3.67. The van der Waals surface area contributed by atoms with E-state index in [9.17, 15) is 9.59 Å². The Labute approximate surface area is 255 Å². The number of hydrogen-bond donors (Lipinski definition) is 2. The predicted octanol–water partition coefficient (Wildman–Crippen LogP) is 5.01. The summed E-state index contributed by atoms with van der Waals surface area (Å²) in [4.78, 5) is 38.1. The summed E-state index contributed by atoms with van der Waals surface area (Å²) in [6.45, 7) is 5.26. The third-order valence-electron chi connectivity index (χ3n) is 7.89. The Bertz CT molecular complexity index is 1820. The summed E-state index contributed by atoms with van der Waals surface area (Å²) in [6.07, 6.45) is 5.59. The number of fused-ring (bicyclic) bond motifs is 2. The Balaban J connectivity index is 1.46. The second kappa shape index (κ2) is 11.9. The maximum Gasteiger partial charge on any atom is 0.247 e. The molecule has 2 N–H and O–H groups in total. The molecule has 6 rings (SSSR count). The molecule has 11 nitrogen and oxygen atoms in total. The standard InChI is InChI=1S/C33H35N7O4/c1-6-30(42)34-23-15-24(28(43-5)16-27(23)39(4)14-13-38(2)3)35-33-36-25-19-44-29(18-41)31(25)32(37-33)22-17-40(20-11-12-20)26-10-8-7-9-21(22)26/h6-10,15-17,20H,1,11-14,19H2,2-5H3,(H,34,42)(H,35,36,37). The Morgan fingerprint density at radius 3 is 2.68 bits per heavy atom. The third kappa shape index (κ3) is 5.50. The highest BCUT2D eigenvalue weighted by Gasteiger charge is 2.31. The lowest BCUT2D eigenvalue weighted by molar-refractivity contribution is -0.111. The molecule has 4 aromatic rings. The Morgan fingerprint density at radius 2 is 1.98 bits per heavy atom. The fourth-order valence-electron chi connectivity index (χ4n) is 5.47. The van der Waals surface area contributed by atoms with E-state index in [0.29, 0.717) is 46.1 Å². The van der Waals surface area contributed by atoms with Crippen LogP contribution in [-0.2, 0) is 20.9 Å². The van der Waals surface area contributed by atoms with E-state index in [1.807, 2.05) is 45.3 Å². The summed E-state index contributed by atoms with van der Waals surface area (Å²) in [5, 5.41) is 7.26. The van der Waals surface area contributed by atoms with Crippen LogP contribution in [0.4, 0.5) is 23.0 Å². The fraction of sp³-hybridized carbons (Fsp3) is 0.303. The van der Waals surface area contributed by atoms with E-state index >= 15 is 0 Å². The topological polar surface area (TPSA) is 114 Å². The molecule has 2 aliphatic rings. The van der Waals surface area contributed by atoms with Gasteiger partial charge < -0.3 is 34.5 Å². The first-order valence-electron chi connectivity index (χ1n) is 14.5. The maximum atomic E-state index is 12.4. The highest BCUT2D eigenvalue weighted by atomic mass is 16.5. The van der Waals surface area contributed by atoms with Gasteiger partial charge >= 0.3 is 0 Å². The second-order valence-corrected chi connectivity index (χ2v) is 11.2. The number of nitrogens with one attached hydrogen (secondary N) is 2. The van der Waals surface area contributed by atoms with Crippen LogP contribution in [0.2, 0.25) is 0 Å². The van der Waals surface area contributed by atoms with Gasteiger partial charge in [-0.05, 0) is 45.1 Å². The second-order valence-electron chi connectivity index (χ2n) is 11.2. The maximum absolute atomic E-state index is 12.4. The minimum atomic E-state index is -0.336. The summed E-state index contributed by atoms with van der Waals surface area (Å²) in [5.41, 5.74) is 5.62. The van der Waals surface area contributed by atoms with Crippen LogP contribution in [0.25, 0.3) is 27.9 Å². The molecule has 226 valence electrons. The Hall–Kier alpha value is -5.12. The van der Waals surface area contributed by atoms with Crippen LogP contribution in [0.5, 0.6) is 5.75 Å². The number of nitrogens with zero attached hydrogens (tertiary/aromatic N) is 5. The molecule has 1 saturated carbocycles. The Kier molecular flexibility index (Phi) is 7.82. The van der Waals surface area contributed by atoms with Crippen molar-refractivity contribution in [2.45, 2.75) is 25.5 Å². The molecule has 0 radical (unpaired) electrons. The third-order valence-corrected chi connectivity index (χ3v) is 7.89. The van der Waals surface area contributed by atoms with Crippen molar-refractivity contribution in [2.24, 2.45) is 0 Å². The number of benzene rings is 2. The van der Waals surface area contributed by atoms with Gasteiger partial charge in [-0.1, -0.05) is 24.8 Å². The minimum Gasteiger partial charge on any atom is -0.494 e. The molecule has 11 heteroatoms. The molecule has 2 aromatic carbocycles. The number of ether oxygens (including phenoxy) is 2. The molecule has 3 heterocycles. The number of methoxy groups -OCH3 is 1. The van der Waals surface area contributed by atoms with Crippen molar-refractivity contribution in [2.75, 3.05) is 56.9 Å². The molecule has 1 amide bonds. The van der Waals surface area contributed by atoms with Crippen LogP contribution < -0.4 is 20.3 Å². The normalized spacial score (nSPS) is 13.8. The molecule has 0 bridgehead atoms. The van der Waals surface area contributed by atoms with E-state index < -0.39 is 0 Å². The number of rotatable bonds is 11. The Morgan fingerprint density at radius 1 is 1.18 bits per heavy atom. The number of aromatic nitrogens is 3. The molecule has 2 aromatic heterocycles. The van der Waals surface area contributed by atoms with Crippen molar-refractivity contribution in [3.63, 3.8) is 0 Å². The first kappa shape index (κ1) is 29.0. The van der Waals surface area contributed by atoms with E-state index in [-0.39, 0.29) is 18.3 Å². The van der Waals surface area contributed by atoms with Gasteiger partial charge in [-0.3, -0.25) is 4.79 Å². The molecule has 0 atom stereocenters. The number of carbonyl (C=O) groups excluding carboxylic acids is 2. The van der Waals surface area contributed by atoms with Crippen LogP contribution in [0.1, 0.15) is 30.1 Å². The molecule has 1 fully saturated rings. The summed E-state index contributed by atoms with van der Waals surface area (Å²) >= 11 is 0. The number of para-hydroxylation sites is 1. The van der Waals surface area contributed by atoms with E-state index in [4.69, 9.17) is 19.4 Å². The molecule has 1 aliphatic carbocycles. The van der Waals surface area contributed by atoms with Crippen LogP contribution in [0.3, 0.4) is 0 Å². The van der Waals surface area contributed by atoms with Crippen molar-refractivity contribution in [3.8, 4) is 17.0 Å². The molecular formula is C33H35N7O4. The zero-order valence-corrected chi connectivity index (χ0v) is 25.3. The van der Waals surface area contributed by atoms with Crippen molar-refractivity contribution in [1.29, 1.82) is 0 Å². The number of anilines is 4. The lowest BCUT2D eigenvalue weighted by Gasteiger charge is -2.26. The summed E-state index contributed by atoms with van der Waals surface area (Å²) in [5.74, 6) is 2.53. The molecule has 0 spiro atoms. The van der Waals surface area contributed by atoms with E-state index in [1.165, 1.54) is 6.08 Å².